The van der Waals surface area contributed by atoms with E-state index in [1.54, 1.807) is 49.8 Å². The first-order valence-corrected chi connectivity index (χ1v) is 27.1. The fraction of sp³-hybridized carbons (Fsp3) is 0.556. The predicted molar refractivity (Wildman–Crippen MR) is 304 cm³/mol. The summed E-state index contributed by atoms with van der Waals surface area (Å²) >= 11 is 0. The zero-order valence-electron chi connectivity index (χ0n) is 48.6. The number of carbonyl (C=O) groups is 2. The topological polar surface area (TPSA) is 117 Å². The number of hydrogen-bond donors (Lipinski definition) is 0. The Hall–Kier alpha value is -5.84. The lowest BCUT2D eigenvalue weighted by Crippen LogP contribution is -2.06. The molecular weight excluding hydrogens is 933 g/mol. The average molecular weight is 1030 g/mol. The van der Waals surface area contributed by atoms with Crippen molar-refractivity contribution in [2.45, 2.75) is 165 Å². The van der Waals surface area contributed by atoms with Crippen LogP contribution in [0.5, 0.6) is 40.2 Å². The fourth-order valence-electron chi connectivity index (χ4n) is 8.26. The molecule has 0 bridgehead atoms. The van der Waals surface area contributed by atoms with Gasteiger partial charge in [-0.25, -0.2) is 9.59 Å². The summed E-state index contributed by atoms with van der Waals surface area (Å²) in [5.41, 5.74) is 8.98. The Bertz CT molecular complexity index is 2190. The number of esters is 2. The maximum Gasteiger partial charge on any atom is 0.331 e. The van der Waals surface area contributed by atoms with Crippen LogP contribution < -0.4 is 33.2 Å². The van der Waals surface area contributed by atoms with Gasteiger partial charge in [0.1, 0.15) is 5.75 Å². The van der Waals surface area contributed by atoms with Crippen LogP contribution in [-0.2, 0) is 51.2 Å². The molecule has 1 atom stereocenters. The van der Waals surface area contributed by atoms with E-state index < -0.39 is 11.9 Å². The molecule has 4 aromatic rings. The van der Waals surface area contributed by atoms with Crippen molar-refractivity contribution >= 4 is 11.9 Å². The van der Waals surface area contributed by atoms with Crippen LogP contribution >= 0.6 is 0 Å². The Kier molecular flexibility index (Phi) is 35.4. The van der Waals surface area contributed by atoms with Crippen molar-refractivity contribution in [3.8, 4) is 40.2 Å². The van der Waals surface area contributed by atoms with Crippen molar-refractivity contribution in [3.63, 3.8) is 0 Å². The number of carbonyl (C=O) groups excluding carboxylic acids is 2. The normalized spacial score (nSPS) is 10.9. The van der Waals surface area contributed by atoms with Gasteiger partial charge < -0.3 is 42.6 Å². The van der Waals surface area contributed by atoms with Gasteiger partial charge >= 0.3 is 11.9 Å². The molecule has 0 N–H and O–H groups in total. The van der Waals surface area contributed by atoms with Crippen molar-refractivity contribution in [2.24, 2.45) is 5.92 Å². The summed E-state index contributed by atoms with van der Waals surface area (Å²) in [6.45, 7) is 20.0. The Labute approximate surface area is 448 Å². The van der Waals surface area contributed by atoms with E-state index in [1.807, 2.05) is 26.0 Å². The Morgan fingerprint density at radius 3 is 1.41 bits per heavy atom. The third-order valence-corrected chi connectivity index (χ3v) is 12.4. The van der Waals surface area contributed by atoms with E-state index in [0.29, 0.717) is 25.0 Å². The molecule has 0 aliphatic carbocycles. The van der Waals surface area contributed by atoms with Crippen molar-refractivity contribution in [1.82, 2.24) is 0 Å². The summed E-state index contributed by atoms with van der Waals surface area (Å²) in [6, 6.07) is 20.8. The maximum atomic E-state index is 11.8. The second kappa shape index (κ2) is 39.6. The summed E-state index contributed by atoms with van der Waals surface area (Å²) in [5, 5.41) is 0. The predicted octanol–water partition coefficient (Wildman–Crippen LogP) is 15.2. The molecule has 0 aromatic heterocycles. The molecule has 4 rings (SSSR count). The lowest BCUT2D eigenvalue weighted by atomic mass is 9.88. The minimum atomic E-state index is -0.525. The third kappa shape index (κ3) is 24.9. The molecule has 4 aromatic carbocycles. The molecule has 0 saturated carbocycles. The standard InChI is InChI=1S/C28H44O6.C23H32O4.C10H14O.C2H6/c1-6-7-8-10-18-33-27(29)16-17-28(30)34-19-11-9-14-23-20-25(31-4)26(32-5)21-24(23)15-12-13-22(2)3;1-7-8-9-18-14-22(26-5)23(27-6)15-19(18)16(2)12-17-10-11-20(24-3)21(13-17)25-4;1-4-9-5-6-10(11-3)8(2)7-9;1-2/h16-17,20-22H,6-15,18-19H2,1-5H3;10-11,13-16H,7-9,12H2,1-6H3;5-7H,4H2,1-3H3;1-2H3/b17-16+;;;. The quantitative estimate of drug-likeness (QED) is 0.0282. The highest BCUT2D eigenvalue weighted by atomic mass is 16.5. The van der Waals surface area contributed by atoms with Crippen molar-refractivity contribution in [2.75, 3.05) is 63.0 Å². The van der Waals surface area contributed by atoms with Gasteiger partial charge in [-0.15, -0.1) is 0 Å². The zero-order chi connectivity index (χ0) is 55.3. The van der Waals surface area contributed by atoms with Gasteiger partial charge in [0.2, 0.25) is 0 Å². The molecule has 0 amide bonds. The van der Waals surface area contributed by atoms with Gasteiger partial charge in [-0.05, 0) is 164 Å². The fourth-order valence-corrected chi connectivity index (χ4v) is 8.26. The second-order valence-corrected chi connectivity index (χ2v) is 18.4. The Morgan fingerprint density at radius 2 is 0.919 bits per heavy atom. The lowest BCUT2D eigenvalue weighted by Gasteiger charge is -2.20. The van der Waals surface area contributed by atoms with Gasteiger partial charge in [0.05, 0.1) is 63.0 Å². The monoisotopic (exact) mass is 1030 g/mol. The summed E-state index contributed by atoms with van der Waals surface area (Å²) in [4.78, 5) is 23.4. The maximum absolute atomic E-state index is 11.8. The molecule has 1 unspecified atom stereocenters. The van der Waals surface area contributed by atoms with Gasteiger partial charge in [0, 0.05) is 12.2 Å². The number of ether oxygens (including phenoxy) is 9. The third-order valence-electron chi connectivity index (χ3n) is 12.4. The molecule has 74 heavy (non-hydrogen) atoms. The molecule has 0 fully saturated rings. The van der Waals surface area contributed by atoms with Crippen LogP contribution in [0.15, 0.2) is 72.8 Å². The highest BCUT2D eigenvalue weighted by Crippen LogP contribution is 2.37. The summed E-state index contributed by atoms with van der Waals surface area (Å²) < 4.78 is 48.2. The van der Waals surface area contributed by atoms with E-state index >= 15 is 0 Å². The molecule has 0 spiro atoms. The van der Waals surface area contributed by atoms with Crippen molar-refractivity contribution in [3.05, 3.63) is 112 Å². The molecule has 0 aliphatic rings. The number of hydrogen-bond acceptors (Lipinski definition) is 11. The molecule has 0 aliphatic heterocycles. The summed E-state index contributed by atoms with van der Waals surface area (Å²) in [7, 11) is 11.7. The number of aryl methyl sites for hydroxylation is 5. The zero-order valence-corrected chi connectivity index (χ0v) is 48.6. The first-order valence-electron chi connectivity index (χ1n) is 27.1. The van der Waals surface area contributed by atoms with Gasteiger partial charge in [0.25, 0.3) is 0 Å². The highest BCUT2D eigenvalue weighted by Gasteiger charge is 2.18. The summed E-state index contributed by atoms with van der Waals surface area (Å²) in [5.74, 6) is 5.55. The molecule has 414 valence electrons. The van der Waals surface area contributed by atoms with E-state index in [-0.39, 0.29) is 0 Å². The number of rotatable bonds is 30. The Balaban J connectivity index is 0.000000605. The molecular formula is C63H96O11. The van der Waals surface area contributed by atoms with E-state index in [2.05, 4.69) is 97.0 Å². The minimum Gasteiger partial charge on any atom is -0.496 e. The van der Waals surface area contributed by atoms with Gasteiger partial charge in [-0.3, -0.25) is 0 Å². The van der Waals surface area contributed by atoms with Crippen LogP contribution in [0.4, 0.5) is 0 Å². The van der Waals surface area contributed by atoms with Gasteiger partial charge in [0.15, 0.2) is 34.5 Å². The largest absolute Gasteiger partial charge is 0.496 e. The SMILES string of the molecule is CC.CCCCCCOC(=O)/C=C/C(=O)OCCCCc1cc(OC)c(OC)cc1CCCC(C)C.CCCCc1cc(OC)c(OC)cc1C(C)Cc1ccc(OC)c(OC)c1.CCc1ccc(OC)c(C)c1. The van der Waals surface area contributed by atoms with Crippen molar-refractivity contribution in [1.29, 1.82) is 0 Å². The first-order chi connectivity index (χ1) is 35.7. The Morgan fingerprint density at radius 1 is 0.473 bits per heavy atom. The number of methoxy groups -OCH3 is 7. The van der Waals surface area contributed by atoms with Crippen LogP contribution in [-0.4, -0.2) is 74.9 Å². The molecule has 11 heteroatoms. The van der Waals surface area contributed by atoms with Crippen LogP contribution in [0.3, 0.4) is 0 Å². The van der Waals surface area contributed by atoms with E-state index in [9.17, 15) is 9.59 Å². The van der Waals surface area contributed by atoms with Crippen LogP contribution in [0, 0.1) is 12.8 Å². The molecule has 0 saturated heterocycles. The molecule has 0 heterocycles. The average Bonchev–Trinajstić information content (AvgIpc) is 3.42. The summed E-state index contributed by atoms with van der Waals surface area (Å²) in [6.07, 6.45) is 17.6. The van der Waals surface area contributed by atoms with E-state index in [4.69, 9.17) is 42.6 Å². The van der Waals surface area contributed by atoms with Gasteiger partial charge in [-0.1, -0.05) is 106 Å². The lowest BCUT2D eigenvalue weighted by molar-refractivity contribution is -0.140. The highest BCUT2D eigenvalue weighted by molar-refractivity contribution is 5.91. The van der Waals surface area contributed by atoms with Crippen LogP contribution in [0.2, 0.25) is 0 Å². The molecule has 0 radical (unpaired) electrons. The smallest absolute Gasteiger partial charge is 0.331 e. The van der Waals surface area contributed by atoms with Crippen molar-refractivity contribution < 1.29 is 52.2 Å². The van der Waals surface area contributed by atoms with Gasteiger partial charge in [-0.2, -0.15) is 0 Å². The van der Waals surface area contributed by atoms with Crippen LogP contribution in [0.1, 0.15) is 164 Å². The second-order valence-electron chi connectivity index (χ2n) is 18.4. The van der Waals surface area contributed by atoms with E-state index in [0.717, 1.165) is 142 Å². The minimum absolute atomic E-state index is 0.311. The van der Waals surface area contributed by atoms with Crippen LogP contribution in [0.25, 0.3) is 0 Å². The number of benzene rings is 4. The molecule has 11 nitrogen and oxygen atoms in total. The van der Waals surface area contributed by atoms with E-state index in [1.165, 1.54) is 45.4 Å². The number of unbranched alkanes of at least 4 members (excludes halogenated alkanes) is 5. The first kappa shape index (κ1) is 66.2.